The van der Waals surface area contributed by atoms with E-state index in [9.17, 15) is 0 Å². The average Bonchev–Trinajstić information content (AvgIpc) is 2.15. The van der Waals surface area contributed by atoms with Gasteiger partial charge < -0.3 is 5.73 Å². The van der Waals surface area contributed by atoms with Gasteiger partial charge in [0.1, 0.15) is 0 Å². The quantitative estimate of drug-likeness (QED) is 0.616. The second-order valence-electron chi connectivity index (χ2n) is 2.34. The second-order valence-corrected chi connectivity index (χ2v) is 2.34. The molecule has 0 atom stereocenters. The number of rotatable bonds is 1. The lowest BCUT2D eigenvalue weighted by Crippen LogP contribution is -1.92. The lowest BCUT2D eigenvalue weighted by molar-refractivity contribution is 1.30. The molecule has 0 unspecified atom stereocenters. The van der Waals surface area contributed by atoms with Crippen LogP contribution in [-0.4, -0.2) is 6.54 Å². The first kappa shape index (κ1) is 8.58. The van der Waals surface area contributed by atoms with E-state index < -0.39 is 0 Å². The highest BCUT2D eigenvalue weighted by molar-refractivity contribution is 5.51. The predicted molar refractivity (Wildman–Crippen MR) is 52.5 cm³/mol. The minimum Gasteiger partial charge on any atom is -0.320 e. The maximum atomic E-state index is 5.25. The highest BCUT2D eigenvalue weighted by Gasteiger charge is 1.86. The third-order valence-corrected chi connectivity index (χ3v) is 1.46. The highest BCUT2D eigenvalue weighted by Crippen LogP contribution is 2.04. The van der Waals surface area contributed by atoms with Crippen molar-refractivity contribution in [1.29, 1.82) is 0 Å². The van der Waals surface area contributed by atoms with Crippen molar-refractivity contribution < 1.29 is 0 Å². The molecule has 0 bridgehead atoms. The Hall–Kier alpha value is -1.52. The normalized spacial score (nSPS) is 8.42. The number of hydrogen-bond donors (Lipinski definition) is 1. The maximum absolute atomic E-state index is 5.25. The molecule has 0 aliphatic rings. The fraction of sp³-hybridized carbons (Fsp3) is 0.0909. The summed E-state index contributed by atoms with van der Waals surface area (Å²) in [6.07, 6.45) is 1.80. The van der Waals surface area contributed by atoms with Crippen LogP contribution in [0, 0.1) is 11.8 Å². The fourth-order valence-corrected chi connectivity index (χ4v) is 0.896. The van der Waals surface area contributed by atoms with Crippen LogP contribution in [0.2, 0.25) is 0 Å². The molecular formula is C11H11N. The van der Waals surface area contributed by atoms with Crippen LogP contribution in [0.4, 0.5) is 0 Å². The first-order chi connectivity index (χ1) is 5.86. The fourth-order valence-electron chi connectivity index (χ4n) is 0.896. The van der Waals surface area contributed by atoms with E-state index in [4.69, 9.17) is 5.73 Å². The number of hydrogen-bond acceptors (Lipinski definition) is 1. The van der Waals surface area contributed by atoms with E-state index in [1.165, 1.54) is 0 Å². The lowest BCUT2D eigenvalue weighted by Gasteiger charge is -1.92. The molecule has 1 nitrogen and oxygen atoms in total. The summed E-state index contributed by atoms with van der Waals surface area (Å²) in [7, 11) is 0. The molecule has 1 aromatic rings. The number of benzene rings is 1. The van der Waals surface area contributed by atoms with Crippen LogP contribution in [-0.2, 0) is 0 Å². The van der Waals surface area contributed by atoms with E-state index in [0.29, 0.717) is 6.54 Å². The molecule has 0 fully saturated rings. The molecule has 0 aliphatic carbocycles. The van der Waals surface area contributed by atoms with E-state index in [1.807, 2.05) is 24.3 Å². The standard InChI is InChI=1S/C11H11N/c1-2-10-5-3-6-11(9-10)7-4-8-12/h2-3,5-6,9H,1,8,12H2. The summed E-state index contributed by atoms with van der Waals surface area (Å²) in [5.74, 6) is 5.76. The smallest absolute Gasteiger partial charge is 0.0555 e. The summed E-state index contributed by atoms with van der Waals surface area (Å²) in [6.45, 7) is 4.08. The first-order valence-corrected chi connectivity index (χ1v) is 3.78. The van der Waals surface area contributed by atoms with Crippen LogP contribution in [0.25, 0.3) is 6.08 Å². The van der Waals surface area contributed by atoms with Crippen molar-refractivity contribution in [2.24, 2.45) is 5.73 Å². The van der Waals surface area contributed by atoms with Crippen molar-refractivity contribution in [3.63, 3.8) is 0 Å². The van der Waals surface area contributed by atoms with Crippen molar-refractivity contribution in [2.45, 2.75) is 0 Å². The van der Waals surface area contributed by atoms with Gasteiger partial charge in [-0.3, -0.25) is 0 Å². The Labute approximate surface area is 72.9 Å². The van der Waals surface area contributed by atoms with Crippen molar-refractivity contribution in [2.75, 3.05) is 6.54 Å². The van der Waals surface area contributed by atoms with Gasteiger partial charge in [0.05, 0.1) is 6.54 Å². The van der Waals surface area contributed by atoms with Crippen molar-refractivity contribution >= 4 is 6.08 Å². The molecule has 1 heteroatoms. The predicted octanol–water partition coefficient (Wildman–Crippen LogP) is 1.64. The van der Waals surface area contributed by atoms with Crippen molar-refractivity contribution in [3.8, 4) is 11.8 Å². The Morgan fingerprint density at radius 1 is 1.50 bits per heavy atom. The molecule has 0 amide bonds. The van der Waals surface area contributed by atoms with E-state index in [2.05, 4.69) is 18.4 Å². The molecular weight excluding hydrogens is 146 g/mol. The summed E-state index contributed by atoms with van der Waals surface area (Å²) in [5.41, 5.74) is 7.32. The summed E-state index contributed by atoms with van der Waals surface area (Å²) < 4.78 is 0. The zero-order chi connectivity index (χ0) is 8.81. The van der Waals surface area contributed by atoms with Gasteiger partial charge in [-0.2, -0.15) is 0 Å². The van der Waals surface area contributed by atoms with Gasteiger partial charge in [0.2, 0.25) is 0 Å². The van der Waals surface area contributed by atoms with Gasteiger partial charge >= 0.3 is 0 Å². The van der Waals surface area contributed by atoms with Crippen molar-refractivity contribution in [3.05, 3.63) is 42.0 Å². The lowest BCUT2D eigenvalue weighted by atomic mass is 10.1. The van der Waals surface area contributed by atoms with E-state index >= 15 is 0 Å². The number of nitrogens with two attached hydrogens (primary N) is 1. The van der Waals surface area contributed by atoms with E-state index in [1.54, 1.807) is 6.08 Å². The van der Waals surface area contributed by atoms with E-state index in [0.717, 1.165) is 11.1 Å². The van der Waals surface area contributed by atoms with Crippen molar-refractivity contribution in [1.82, 2.24) is 0 Å². The summed E-state index contributed by atoms with van der Waals surface area (Å²) >= 11 is 0. The Balaban J connectivity index is 2.93. The van der Waals surface area contributed by atoms with Crippen LogP contribution < -0.4 is 5.73 Å². The Bertz CT molecular complexity index is 328. The highest BCUT2D eigenvalue weighted by atomic mass is 14.5. The maximum Gasteiger partial charge on any atom is 0.0555 e. The average molecular weight is 157 g/mol. The van der Waals surface area contributed by atoms with Gasteiger partial charge in [-0.05, 0) is 17.7 Å². The van der Waals surface area contributed by atoms with Crippen LogP contribution in [0.15, 0.2) is 30.8 Å². The molecule has 2 N–H and O–H groups in total. The third kappa shape index (κ3) is 2.26. The van der Waals surface area contributed by atoms with Gasteiger partial charge in [-0.15, -0.1) is 0 Å². The molecule has 12 heavy (non-hydrogen) atoms. The summed E-state index contributed by atoms with van der Waals surface area (Å²) in [5, 5.41) is 0. The van der Waals surface area contributed by atoms with Gasteiger partial charge in [-0.25, -0.2) is 0 Å². The largest absolute Gasteiger partial charge is 0.320 e. The SMILES string of the molecule is C=Cc1cccc(C#CCN)c1. The topological polar surface area (TPSA) is 26.0 Å². The third-order valence-electron chi connectivity index (χ3n) is 1.46. The molecule has 1 aromatic carbocycles. The monoisotopic (exact) mass is 157 g/mol. The summed E-state index contributed by atoms with van der Waals surface area (Å²) in [4.78, 5) is 0. The Morgan fingerprint density at radius 3 is 3.00 bits per heavy atom. The minimum atomic E-state index is 0.401. The second kappa shape index (κ2) is 4.38. The first-order valence-electron chi connectivity index (χ1n) is 3.78. The molecule has 0 radical (unpaired) electrons. The van der Waals surface area contributed by atoms with Crippen LogP contribution >= 0.6 is 0 Å². The molecule has 0 saturated carbocycles. The molecule has 0 aliphatic heterocycles. The van der Waals surface area contributed by atoms with Gasteiger partial charge in [-0.1, -0.05) is 36.6 Å². The van der Waals surface area contributed by atoms with Gasteiger partial charge in [0, 0.05) is 5.56 Å². The molecule has 0 heterocycles. The van der Waals surface area contributed by atoms with Crippen LogP contribution in [0.5, 0.6) is 0 Å². The minimum absolute atomic E-state index is 0.401. The molecule has 0 saturated heterocycles. The van der Waals surface area contributed by atoms with E-state index in [-0.39, 0.29) is 0 Å². The van der Waals surface area contributed by atoms with Gasteiger partial charge in [0.25, 0.3) is 0 Å². The summed E-state index contributed by atoms with van der Waals surface area (Å²) in [6, 6.07) is 7.88. The van der Waals surface area contributed by atoms with Crippen LogP contribution in [0.1, 0.15) is 11.1 Å². The molecule has 0 spiro atoms. The van der Waals surface area contributed by atoms with Crippen LogP contribution in [0.3, 0.4) is 0 Å². The molecule has 60 valence electrons. The zero-order valence-corrected chi connectivity index (χ0v) is 6.88. The molecule has 1 rings (SSSR count). The molecule has 0 aromatic heterocycles. The zero-order valence-electron chi connectivity index (χ0n) is 6.88. The van der Waals surface area contributed by atoms with Gasteiger partial charge in [0.15, 0.2) is 0 Å². The Morgan fingerprint density at radius 2 is 2.33 bits per heavy atom. The Kier molecular flexibility index (Phi) is 3.13.